The molecule has 0 aromatic carbocycles. The molecule has 0 bridgehead atoms. The van der Waals surface area contributed by atoms with Crippen LogP contribution in [0.15, 0.2) is 30.6 Å². The van der Waals surface area contributed by atoms with Gasteiger partial charge in [-0.2, -0.15) is 0 Å². The summed E-state index contributed by atoms with van der Waals surface area (Å²) >= 11 is 0. The van der Waals surface area contributed by atoms with Crippen LogP contribution in [0, 0.1) is 5.82 Å². The Morgan fingerprint density at radius 2 is 2.38 bits per heavy atom. The van der Waals surface area contributed by atoms with Crippen molar-refractivity contribution in [2.24, 2.45) is 5.84 Å². The quantitative estimate of drug-likeness (QED) is 0.420. The smallest absolute Gasteiger partial charge is 0.141 e. The Balaban J connectivity index is 2.98. The van der Waals surface area contributed by atoms with E-state index in [1.807, 2.05) is 6.92 Å². The largest absolute Gasteiger partial charge is 0.271 e. The van der Waals surface area contributed by atoms with Crippen LogP contribution in [0.5, 0.6) is 0 Å². The van der Waals surface area contributed by atoms with Crippen LogP contribution >= 0.6 is 0 Å². The summed E-state index contributed by atoms with van der Waals surface area (Å²) in [5, 5.41) is 0. The van der Waals surface area contributed by atoms with Gasteiger partial charge in [0.05, 0.1) is 12.2 Å². The van der Waals surface area contributed by atoms with Gasteiger partial charge in [0.25, 0.3) is 0 Å². The number of nitrogens with zero attached hydrogens (tertiary/aromatic N) is 1. The van der Waals surface area contributed by atoms with Crippen LogP contribution in [0.2, 0.25) is 0 Å². The molecule has 3 N–H and O–H groups in total. The molecule has 1 heterocycles. The minimum Gasteiger partial charge on any atom is -0.271 e. The van der Waals surface area contributed by atoms with E-state index < -0.39 is 0 Å². The lowest BCUT2D eigenvalue weighted by Gasteiger charge is -2.15. The first-order chi connectivity index (χ1) is 6.15. The number of hydrogen-bond acceptors (Lipinski definition) is 3. The summed E-state index contributed by atoms with van der Waals surface area (Å²) in [4.78, 5) is 3.72. The van der Waals surface area contributed by atoms with Gasteiger partial charge in [-0.25, -0.2) is 9.82 Å². The van der Waals surface area contributed by atoms with Crippen LogP contribution in [0.4, 0.5) is 4.39 Å². The van der Waals surface area contributed by atoms with Crippen molar-refractivity contribution in [1.29, 1.82) is 0 Å². The molecule has 1 aromatic heterocycles. The van der Waals surface area contributed by atoms with E-state index in [2.05, 4.69) is 17.0 Å². The SMILES string of the molecule is C=C(C)C(NN)c1cncc(F)c1. The molecule has 0 aliphatic rings. The molecular weight excluding hydrogens is 169 g/mol. The summed E-state index contributed by atoms with van der Waals surface area (Å²) in [6.07, 6.45) is 2.71. The van der Waals surface area contributed by atoms with Gasteiger partial charge in [0.1, 0.15) is 5.82 Å². The molecule has 0 saturated heterocycles. The molecule has 0 amide bonds. The molecule has 1 aromatic rings. The maximum Gasteiger partial charge on any atom is 0.141 e. The van der Waals surface area contributed by atoms with Crippen LogP contribution < -0.4 is 11.3 Å². The summed E-state index contributed by atoms with van der Waals surface area (Å²) in [5.41, 5.74) is 4.03. The van der Waals surface area contributed by atoms with E-state index in [1.165, 1.54) is 6.07 Å². The predicted octanol–water partition coefficient (Wildman–Crippen LogP) is 1.30. The van der Waals surface area contributed by atoms with Gasteiger partial charge in [0.2, 0.25) is 0 Å². The second-order valence-electron chi connectivity index (χ2n) is 2.88. The van der Waals surface area contributed by atoms with Crippen molar-refractivity contribution in [2.75, 3.05) is 0 Å². The first kappa shape index (κ1) is 9.83. The third kappa shape index (κ3) is 2.34. The molecule has 70 valence electrons. The van der Waals surface area contributed by atoms with Gasteiger partial charge in [-0.3, -0.25) is 10.8 Å². The standard InChI is InChI=1S/C9H12FN3/c1-6(2)9(13-11)7-3-8(10)5-12-4-7/h3-5,9,13H,1,11H2,2H3. The van der Waals surface area contributed by atoms with Crippen LogP contribution in [-0.2, 0) is 0 Å². The van der Waals surface area contributed by atoms with E-state index in [-0.39, 0.29) is 11.9 Å². The van der Waals surface area contributed by atoms with E-state index >= 15 is 0 Å². The number of pyridine rings is 1. The van der Waals surface area contributed by atoms with Crippen molar-refractivity contribution in [2.45, 2.75) is 13.0 Å². The van der Waals surface area contributed by atoms with Gasteiger partial charge in [-0.05, 0) is 18.6 Å². The van der Waals surface area contributed by atoms with Gasteiger partial charge in [0.15, 0.2) is 0 Å². The maximum atomic E-state index is 12.8. The van der Waals surface area contributed by atoms with Crippen LogP contribution in [0.1, 0.15) is 18.5 Å². The van der Waals surface area contributed by atoms with E-state index in [4.69, 9.17) is 5.84 Å². The fraction of sp³-hybridized carbons (Fsp3) is 0.222. The topological polar surface area (TPSA) is 50.9 Å². The van der Waals surface area contributed by atoms with Crippen LogP contribution in [0.25, 0.3) is 0 Å². The Hall–Kier alpha value is -1.26. The van der Waals surface area contributed by atoms with Crippen LogP contribution in [0.3, 0.4) is 0 Å². The average molecular weight is 181 g/mol. The number of nitrogens with two attached hydrogens (primary N) is 1. The number of hydrogen-bond donors (Lipinski definition) is 2. The lowest BCUT2D eigenvalue weighted by atomic mass is 10.0. The molecule has 0 aliphatic heterocycles. The Morgan fingerprint density at radius 1 is 1.69 bits per heavy atom. The second kappa shape index (κ2) is 4.11. The number of hydrazine groups is 1. The summed E-state index contributed by atoms with van der Waals surface area (Å²) in [5.74, 6) is 4.92. The lowest BCUT2D eigenvalue weighted by molar-refractivity contribution is 0.594. The molecule has 13 heavy (non-hydrogen) atoms. The highest BCUT2D eigenvalue weighted by Gasteiger charge is 2.10. The number of nitrogens with one attached hydrogen (secondary N) is 1. The Labute approximate surface area is 76.4 Å². The molecule has 0 fully saturated rings. The molecule has 1 unspecified atom stereocenters. The number of halogens is 1. The fourth-order valence-corrected chi connectivity index (χ4v) is 1.11. The number of rotatable bonds is 3. The van der Waals surface area contributed by atoms with Crippen molar-refractivity contribution in [3.63, 3.8) is 0 Å². The zero-order valence-corrected chi connectivity index (χ0v) is 7.42. The van der Waals surface area contributed by atoms with Crippen molar-refractivity contribution >= 4 is 0 Å². The normalized spacial score (nSPS) is 12.5. The zero-order valence-electron chi connectivity index (χ0n) is 7.42. The van der Waals surface area contributed by atoms with Crippen molar-refractivity contribution in [3.8, 4) is 0 Å². The van der Waals surface area contributed by atoms with Crippen molar-refractivity contribution < 1.29 is 4.39 Å². The fourth-order valence-electron chi connectivity index (χ4n) is 1.11. The minimum atomic E-state index is -0.376. The van der Waals surface area contributed by atoms with Crippen molar-refractivity contribution in [3.05, 3.63) is 42.0 Å². The Kier molecular flexibility index (Phi) is 3.11. The molecule has 1 rings (SSSR count). The molecule has 3 nitrogen and oxygen atoms in total. The lowest BCUT2D eigenvalue weighted by Crippen LogP contribution is -2.28. The van der Waals surface area contributed by atoms with Crippen LogP contribution in [-0.4, -0.2) is 4.98 Å². The third-order valence-electron chi connectivity index (χ3n) is 1.72. The highest BCUT2D eigenvalue weighted by atomic mass is 19.1. The van der Waals surface area contributed by atoms with Gasteiger partial charge in [-0.1, -0.05) is 12.2 Å². The third-order valence-corrected chi connectivity index (χ3v) is 1.72. The molecule has 0 spiro atoms. The molecular formula is C9H12FN3. The van der Waals surface area contributed by atoms with Gasteiger partial charge in [-0.15, -0.1) is 0 Å². The van der Waals surface area contributed by atoms with E-state index in [1.54, 1.807) is 6.20 Å². The molecule has 4 heteroatoms. The highest BCUT2D eigenvalue weighted by molar-refractivity contribution is 5.23. The molecule has 0 radical (unpaired) electrons. The maximum absolute atomic E-state index is 12.8. The van der Waals surface area contributed by atoms with E-state index in [9.17, 15) is 4.39 Å². The molecule has 0 saturated carbocycles. The van der Waals surface area contributed by atoms with Crippen molar-refractivity contribution in [1.82, 2.24) is 10.4 Å². The first-order valence-electron chi connectivity index (χ1n) is 3.87. The molecule has 1 atom stereocenters. The predicted molar refractivity (Wildman–Crippen MR) is 49.1 cm³/mol. The Bertz CT molecular complexity index is 311. The highest BCUT2D eigenvalue weighted by Crippen LogP contribution is 2.18. The molecule has 0 aliphatic carbocycles. The second-order valence-corrected chi connectivity index (χ2v) is 2.88. The van der Waals surface area contributed by atoms with Gasteiger partial charge in [0, 0.05) is 6.20 Å². The summed E-state index contributed by atoms with van der Waals surface area (Å²) in [6.45, 7) is 5.55. The average Bonchev–Trinajstić information content (AvgIpc) is 2.04. The Morgan fingerprint density at radius 3 is 2.85 bits per heavy atom. The summed E-state index contributed by atoms with van der Waals surface area (Å²) in [6, 6.07) is 1.13. The van der Waals surface area contributed by atoms with Gasteiger partial charge < -0.3 is 0 Å². The van der Waals surface area contributed by atoms with Gasteiger partial charge >= 0.3 is 0 Å². The first-order valence-corrected chi connectivity index (χ1v) is 3.87. The number of aromatic nitrogens is 1. The summed E-state index contributed by atoms with van der Waals surface area (Å²) < 4.78 is 12.8. The zero-order chi connectivity index (χ0) is 9.84. The van der Waals surface area contributed by atoms with E-state index in [0.717, 1.165) is 11.8 Å². The monoisotopic (exact) mass is 181 g/mol. The van der Waals surface area contributed by atoms with E-state index in [0.29, 0.717) is 5.56 Å². The minimum absolute atomic E-state index is 0.247. The summed E-state index contributed by atoms with van der Waals surface area (Å²) in [7, 11) is 0.